The third kappa shape index (κ3) is 3.28. The highest BCUT2D eigenvalue weighted by Gasteiger charge is 2.55. The summed E-state index contributed by atoms with van der Waals surface area (Å²) >= 11 is 0. The number of urea groups is 1. The van der Waals surface area contributed by atoms with Crippen molar-refractivity contribution in [2.45, 2.75) is 62.4 Å². The number of halogens is 3. The molecule has 0 radical (unpaired) electrons. The fourth-order valence-corrected chi connectivity index (χ4v) is 4.03. The van der Waals surface area contributed by atoms with Gasteiger partial charge in [0, 0.05) is 44.6 Å². The Labute approximate surface area is 133 Å². The molecular weight excluding hydrogens is 311 g/mol. The van der Waals surface area contributed by atoms with Crippen molar-refractivity contribution >= 4 is 6.03 Å². The Morgan fingerprint density at radius 1 is 1.09 bits per heavy atom. The van der Waals surface area contributed by atoms with Gasteiger partial charge in [-0.15, -0.1) is 0 Å². The van der Waals surface area contributed by atoms with Crippen molar-refractivity contribution in [3.63, 3.8) is 0 Å². The second kappa shape index (κ2) is 6.12. The molecule has 8 heteroatoms. The van der Waals surface area contributed by atoms with E-state index >= 15 is 0 Å². The fraction of sp³-hybridized carbons (Fsp3) is 0.933. The van der Waals surface area contributed by atoms with Gasteiger partial charge < -0.3 is 15.3 Å². The highest BCUT2D eigenvalue weighted by Crippen LogP contribution is 2.38. The third-order valence-corrected chi connectivity index (χ3v) is 5.57. The van der Waals surface area contributed by atoms with Crippen LogP contribution in [-0.2, 0) is 0 Å². The molecule has 23 heavy (non-hydrogen) atoms. The number of rotatable bonds is 1. The highest BCUT2D eigenvalue weighted by atomic mass is 19.4. The minimum atomic E-state index is -4.64. The number of nitrogens with one attached hydrogen (secondary N) is 1. The molecule has 3 fully saturated rings. The molecule has 3 aliphatic rings. The van der Waals surface area contributed by atoms with E-state index in [0.29, 0.717) is 6.04 Å². The molecule has 2 amide bonds. The van der Waals surface area contributed by atoms with E-state index in [4.69, 9.17) is 0 Å². The Morgan fingerprint density at radius 2 is 1.78 bits per heavy atom. The first-order valence-corrected chi connectivity index (χ1v) is 8.39. The summed E-state index contributed by atoms with van der Waals surface area (Å²) < 4.78 is 38.4. The number of likely N-dealkylation sites (tertiary alicyclic amines) is 1. The molecule has 3 aliphatic heterocycles. The van der Waals surface area contributed by atoms with Gasteiger partial charge in [0.05, 0.1) is 0 Å². The SMILES string of the molecule is O=C(NC1CCN2CCCCC12)N1CCC(O)(C(F)(F)F)CC1. The van der Waals surface area contributed by atoms with Crippen molar-refractivity contribution in [1.29, 1.82) is 0 Å². The van der Waals surface area contributed by atoms with E-state index in [9.17, 15) is 23.1 Å². The maximum atomic E-state index is 12.8. The average molecular weight is 335 g/mol. The molecule has 5 nitrogen and oxygen atoms in total. The van der Waals surface area contributed by atoms with Gasteiger partial charge in [0.15, 0.2) is 5.60 Å². The number of alkyl halides is 3. The molecule has 0 aromatic heterocycles. The molecule has 132 valence electrons. The van der Waals surface area contributed by atoms with Gasteiger partial charge in [-0.25, -0.2) is 4.79 Å². The third-order valence-electron chi connectivity index (χ3n) is 5.57. The summed E-state index contributed by atoms with van der Waals surface area (Å²) in [4.78, 5) is 16.1. The Kier molecular flexibility index (Phi) is 4.48. The standard InChI is InChI=1S/C15H24F3N3O2/c16-15(17,18)14(23)5-9-21(10-6-14)13(22)19-11-4-8-20-7-2-1-3-12(11)20/h11-12,23H,1-10H2,(H,19,22). The molecule has 3 heterocycles. The van der Waals surface area contributed by atoms with Crippen molar-refractivity contribution in [2.75, 3.05) is 26.2 Å². The first-order valence-electron chi connectivity index (χ1n) is 8.39. The lowest BCUT2D eigenvalue weighted by Crippen LogP contribution is -2.57. The van der Waals surface area contributed by atoms with Crippen molar-refractivity contribution < 1.29 is 23.1 Å². The van der Waals surface area contributed by atoms with Gasteiger partial charge >= 0.3 is 12.2 Å². The second-order valence-electron chi connectivity index (χ2n) is 6.96. The Balaban J connectivity index is 1.52. The number of piperidine rings is 2. The van der Waals surface area contributed by atoms with Crippen molar-refractivity contribution in [1.82, 2.24) is 15.1 Å². The number of fused-ring (bicyclic) bond motifs is 1. The molecular formula is C15H24F3N3O2. The number of carbonyl (C=O) groups excluding carboxylic acids is 1. The van der Waals surface area contributed by atoms with Gasteiger partial charge in [-0.2, -0.15) is 13.2 Å². The number of carbonyl (C=O) groups is 1. The zero-order valence-corrected chi connectivity index (χ0v) is 13.1. The number of hydrogen-bond donors (Lipinski definition) is 2. The molecule has 2 atom stereocenters. The molecule has 0 spiro atoms. The predicted octanol–water partition coefficient (Wildman–Crippen LogP) is 1.71. The first kappa shape index (κ1) is 16.8. The monoisotopic (exact) mass is 335 g/mol. The quantitative estimate of drug-likeness (QED) is 0.767. The summed E-state index contributed by atoms with van der Waals surface area (Å²) in [5.41, 5.74) is -2.66. The van der Waals surface area contributed by atoms with Crippen LogP contribution >= 0.6 is 0 Å². The molecule has 2 N–H and O–H groups in total. The lowest BCUT2D eigenvalue weighted by atomic mass is 9.91. The second-order valence-corrected chi connectivity index (χ2v) is 6.96. The maximum Gasteiger partial charge on any atom is 0.417 e. The van der Waals surface area contributed by atoms with Crippen LogP contribution in [0.4, 0.5) is 18.0 Å². The number of aliphatic hydroxyl groups is 1. The fourth-order valence-electron chi connectivity index (χ4n) is 4.03. The van der Waals surface area contributed by atoms with Gasteiger partial charge in [-0.3, -0.25) is 4.90 Å². The van der Waals surface area contributed by atoms with Crippen LogP contribution in [0.5, 0.6) is 0 Å². The van der Waals surface area contributed by atoms with Gasteiger partial charge in [0.25, 0.3) is 0 Å². The van der Waals surface area contributed by atoms with E-state index in [2.05, 4.69) is 10.2 Å². The van der Waals surface area contributed by atoms with Gasteiger partial charge in [0.2, 0.25) is 0 Å². The van der Waals surface area contributed by atoms with Crippen LogP contribution in [0.15, 0.2) is 0 Å². The first-order chi connectivity index (χ1) is 10.8. The van der Waals surface area contributed by atoms with E-state index in [1.54, 1.807) is 0 Å². The van der Waals surface area contributed by atoms with Gasteiger partial charge in [0.1, 0.15) is 0 Å². The average Bonchev–Trinajstić information content (AvgIpc) is 2.90. The maximum absolute atomic E-state index is 12.8. The van der Waals surface area contributed by atoms with E-state index in [0.717, 1.165) is 32.4 Å². The van der Waals surface area contributed by atoms with Crippen molar-refractivity contribution in [2.24, 2.45) is 0 Å². The summed E-state index contributed by atoms with van der Waals surface area (Å²) in [5, 5.41) is 12.7. The summed E-state index contributed by atoms with van der Waals surface area (Å²) in [7, 11) is 0. The van der Waals surface area contributed by atoms with Crippen molar-refractivity contribution in [3.8, 4) is 0 Å². The Hall–Kier alpha value is -1.02. The number of nitrogens with zero attached hydrogens (tertiary/aromatic N) is 2. The van der Waals surface area contributed by atoms with Gasteiger partial charge in [-0.05, 0) is 25.8 Å². The van der Waals surface area contributed by atoms with E-state index in [1.165, 1.54) is 11.3 Å². The largest absolute Gasteiger partial charge is 0.417 e. The van der Waals surface area contributed by atoms with E-state index in [-0.39, 0.29) is 25.2 Å². The summed E-state index contributed by atoms with van der Waals surface area (Å²) in [6.45, 7) is 1.91. The number of hydrogen-bond acceptors (Lipinski definition) is 3. The molecule has 0 bridgehead atoms. The zero-order chi connectivity index (χ0) is 16.7. The molecule has 0 aromatic carbocycles. The van der Waals surface area contributed by atoms with Crippen LogP contribution < -0.4 is 5.32 Å². The summed E-state index contributed by atoms with van der Waals surface area (Å²) in [5.74, 6) is 0. The van der Waals surface area contributed by atoms with Crippen LogP contribution in [0.25, 0.3) is 0 Å². The Morgan fingerprint density at radius 3 is 2.43 bits per heavy atom. The molecule has 2 unspecified atom stereocenters. The Bertz CT molecular complexity index is 450. The minimum absolute atomic E-state index is 0.0665. The lowest BCUT2D eigenvalue weighted by Gasteiger charge is -2.40. The molecule has 0 saturated carbocycles. The smallest absolute Gasteiger partial charge is 0.380 e. The number of amides is 2. The molecule has 0 aliphatic carbocycles. The van der Waals surface area contributed by atoms with Gasteiger partial charge in [-0.1, -0.05) is 6.42 Å². The topological polar surface area (TPSA) is 55.8 Å². The lowest BCUT2D eigenvalue weighted by molar-refractivity contribution is -0.271. The summed E-state index contributed by atoms with van der Waals surface area (Å²) in [6.07, 6.45) is -1.22. The zero-order valence-electron chi connectivity index (χ0n) is 13.1. The van der Waals surface area contributed by atoms with Crippen LogP contribution in [0, 0.1) is 0 Å². The van der Waals surface area contributed by atoms with Crippen LogP contribution in [0.3, 0.4) is 0 Å². The molecule has 0 aromatic rings. The van der Waals surface area contributed by atoms with Crippen LogP contribution in [-0.4, -0.2) is 71.0 Å². The molecule has 3 saturated heterocycles. The summed E-state index contributed by atoms with van der Waals surface area (Å²) in [6, 6.07) is 0.155. The minimum Gasteiger partial charge on any atom is -0.380 e. The highest BCUT2D eigenvalue weighted by molar-refractivity contribution is 5.74. The normalized spacial score (nSPS) is 31.7. The van der Waals surface area contributed by atoms with E-state index in [1.807, 2.05) is 0 Å². The molecule has 3 rings (SSSR count). The van der Waals surface area contributed by atoms with Crippen molar-refractivity contribution in [3.05, 3.63) is 0 Å². The van der Waals surface area contributed by atoms with E-state index < -0.39 is 24.6 Å². The van der Waals surface area contributed by atoms with Crippen LogP contribution in [0.1, 0.15) is 38.5 Å². The predicted molar refractivity (Wildman–Crippen MR) is 78.0 cm³/mol. The van der Waals surface area contributed by atoms with Crippen LogP contribution in [0.2, 0.25) is 0 Å².